The van der Waals surface area contributed by atoms with Crippen molar-refractivity contribution in [3.8, 4) is 0 Å². The van der Waals surface area contributed by atoms with Crippen LogP contribution in [0, 0.1) is 12.3 Å². The molecule has 0 saturated heterocycles. The highest BCUT2D eigenvalue weighted by atomic mass is 16.5. The maximum Gasteiger partial charge on any atom is 0.228 e. The van der Waals surface area contributed by atoms with Gasteiger partial charge in [-0.15, -0.1) is 0 Å². The summed E-state index contributed by atoms with van der Waals surface area (Å²) in [6.07, 6.45) is 6.31. The summed E-state index contributed by atoms with van der Waals surface area (Å²) < 4.78 is 5.15. The molecule has 0 radical (unpaired) electrons. The summed E-state index contributed by atoms with van der Waals surface area (Å²) >= 11 is 0. The largest absolute Gasteiger partial charge is 0.384 e. The van der Waals surface area contributed by atoms with Crippen LogP contribution in [0.15, 0.2) is 12.4 Å². The van der Waals surface area contributed by atoms with E-state index in [2.05, 4.69) is 15.3 Å². The Morgan fingerprint density at radius 3 is 2.72 bits per heavy atom. The lowest BCUT2D eigenvalue weighted by Gasteiger charge is -2.39. The second-order valence-electron chi connectivity index (χ2n) is 4.90. The molecule has 1 heterocycles. The van der Waals surface area contributed by atoms with E-state index in [-0.39, 0.29) is 11.3 Å². The standard InChI is InChI=1S/C13H19N3O2/c1-10-6-15-11(7-14-10)8-16-12(17)13(9-18-2)4-3-5-13/h6-7H,3-5,8-9H2,1-2H3,(H,16,17). The van der Waals surface area contributed by atoms with Crippen LogP contribution in [-0.4, -0.2) is 29.6 Å². The Kier molecular flexibility index (Phi) is 3.91. The molecule has 1 saturated carbocycles. The first-order valence-electron chi connectivity index (χ1n) is 6.21. The van der Waals surface area contributed by atoms with Gasteiger partial charge in [-0.3, -0.25) is 14.8 Å². The van der Waals surface area contributed by atoms with Gasteiger partial charge in [-0.05, 0) is 19.8 Å². The number of rotatable bonds is 5. The van der Waals surface area contributed by atoms with Gasteiger partial charge in [0.2, 0.25) is 5.91 Å². The number of aryl methyl sites for hydroxylation is 1. The zero-order valence-corrected chi connectivity index (χ0v) is 10.9. The van der Waals surface area contributed by atoms with E-state index in [0.717, 1.165) is 30.7 Å². The first-order valence-corrected chi connectivity index (χ1v) is 6.21. The summed E-state index contributed by atoms with van der Waals surface area (Å²) in [4.78, 5) is 20.5. The van der Waals surface area contributed by atoms with Crippen LogP contribution in [0.2, 0.25) is 0 Å². The van der Waals surface area contributed by atoms with Crippen LogP contribution < -0.4 is 5.32 Å². The van der Waals surface area contributed by atoms with Crippen LogP contribution in [0.1, 0.15) is 30.7 Å². The second-order valence-corrected chi connectivity index (χ2v) is 4.90. The molecule has 5 heteroatoms. The molecular formula is C13H19N3O2. The molecule has 1 N–H and O–H groups in total. The van der Waals surface area contributed by atoms with Gasteiger partial charge in [-0.25, -0.2) is 0 Å². The monoisotopic (exact) mass is 249 g/mol. The first-order chi connectivity index (χ1) is 8.66. The van der Waals surface area contributed by atoms with E-state index in [0.29, 0.717) is 13.2 Å². The third-order valence-electron chi connectivity index (χ3n) is 3.48. The predicted octanol–water partition coefficient (Wildman–Crippen LogP) is 1.22. The Morgan fingerprint density at radius 1 is 1.44 bits per heavy atom. The minimum atomic E-state index is -0.313. The Balaban J connectivity index is 1.89. The number of hydrogen-bond acceptors (Lipinski definition) is 4. The van der Waals surface area contributed by atoms with Crippen LogP contribution in [0.4, 0.5) is 0 Å². The maximum absolute atomic E-state index is 12.1. The summed E-state index contributed by atoms with van der Waals surface area (Å²) in [5, 5.41) is 2.92. The SMILES string of the molecule is COCC1(C(=O)NCc2cnc(C)cn2)CCC1. The summed E-state index contributed by atoms with van der Waals surface area (Å²) in [5.41, 5.74) is 1.34. The van der Waals surface area contributed by atoms with Gasteiger partial charge in [-0.2, -0.15) is 0 Å². The number of carbonyl (C=O) groups excluding carboxylic acids is 1. The average Bonchev–Trinajstić information content (AvgIpc) is 2.32. The normalized spacial score (nSPS) is 17.0. The fraction of sp³-hybridized carbons (Fsp3) is 0.615. The fourth-order valence-corrected chi connectivity index (χ4v) is 2.19. The number of methoxy groups -OCH3 is 1. The van der Waals surface area contributed by atoms with Gasteiger partial charge in [0.1, 0.15) is 0 Å². The van der Waals surface area contributed by atoms with Gasteiger partial charge in [0, 0.05) is 13.3 Å². The van der Waals surface area contributed by atoms with Crippen molar-refractivity contribution in [2.75, 3.05) is 13.7 Å². The lowest BCUT2D eigenvalue weighted by Crippen LogP contribution is -2.48. The minimum Gasteiger partial charge on any atom is -0.384 e. The van der Waals surface area contributed by atoms with E-state index in [9.17, 15) is 4.79 Å². The lowest BCUT2D eigenvalue weighted by molar-refractivity contribution is -0.140. The van der Waals surface area contributed by atoms with E-state index >= 15 is 0 Å². The molecule has 0 aromatic carbocycles. The van der Waals surface area contributed by atoms with Crippen LogP contribution in [-0.2, 0) is 16.1 Å². The molecule has 0 bridgehead atoms. The van der Waals surface area contributed by atoms with E-state index in [1.165, 1.54) is 0 Å². The quantitative estimate of drug-likeness (QED) is 0.852. The molecule has 5 nitrogen and oxygen atoms in total. The number of nitrogens with one attached hydrogen (secondary N) is 1. The molecule has 1 aliphatic carbocycles. The highest BCUT2D eigenvalue weighted by molar-refractivity contribution is 5.83. The molecule has 0 atom stereocenters. The average molecular weight is 249 g/mol. The van der Waals surface area contributed by atoms with E-state index in [4.69, 9.17) is 4.74 Å². The topological polar surface area (TPSA) is 64.1 Å². The Bertz CT molecular complexity index is 413. The van der Waals surface area contributed by atoms with Crippen LogP contribution >= 0.6 is 0 Å². The second kappa shape index (κ2) is 5.44. The third kappa shape index (κ3) is 2.67. The minimum absolute atomic E-state index is 0.0676. The van der Waals surface area contributed by atoms with E-state index in [1.54, 1.807) is 19.5 Å². The van der Waals surface area contributed by atoms with Crippen molar-refractivity contribution in [1.29, 1.82) is 0 Å². The molecule has 2 rings (SSSR count). The lowest BCUT2D eigenvalue weighted by atomic mass is 9.68. The van der Waals surface area contributed by atoms with Gasteiger partial charge >= 0.3 is 0 Å². The number of aromatic nitrogens is 2. The Hall–Kier alpha value is -1.49. The van der Waals surface area contributed by atoms with Crippen LogP contribution in [0.25, 0.3) is 0 Å². The van der Waals surface area contributed by atoms with Crippen molar-refractivity contribution in [1.82, 2.24) is 15.3 Å². The van der Waals surface area contributed by atoms with E-state index in [1.807, 2.05) is 6.92 Å². The molecular weight excluding hydrogens is 230 g/mol. The maximum atomic E-state index is 12.1. The molecule has 18 heavy (non-hydrogen) atoms. The van der Waals surface area contributed by atoms with Crippen LogP contribution in [0.5, 0.6) is 0 Å². The summed E-state index contributed by atoms with van der Waals surface area (Å²) in [6, 6.07) is 0. The van der Waals surface area contributed by atoms with Crippen LogP contribution in [0.3, 0.4) is 0 Å². The summed E-state index contributed by atoms with van der Waals surface area (Å²) in [5.74, 6) is 0.0676. The Morgan fingerprint density at radius 2 is 2.22 bits per heavy atom. The molecule has 1 aromatic rings. The van der Waals surface area contributed by atoms with Crippen molar-refractivity contribution in [2.45, 2.75) is 32.7 Å². The van der Waals surface area contributed by atoms with Gasteiger partial charge in [0.05, 0.1) is 36.2 Å². The smallest absolute Gasteiger partial charge is 0.228 e. The van der Waals surface area contributed by atoms with Gasteiger partial charge < -0.3 is 10.1 Å². The number of nitrogens with zero attached hydrogens (tertiary/aromatic N) is 2. The third-order valence-corrected chi connectivity index (χ3v) is 3.48. The molecule has 1 fully saturated rings. The molecule has 1 aliphatic rings. The molecule has 0 aliphatic heterocycles. The fourth-order valence-electron chi connectivity index (χ4n) is 2.19. The first kappa shape index (κ1) is 13.0. The van der Waals surface area contributed by atoms with Crippen molar-refractivity contribution in [3.63, 3.8) is 0 Å². The van der Waals surface area contributed by atoms with Gasteiger partial charge in [-0.1, -0.05) is 6.42 Å². The van der Waals surface area contributed by atoms with Crippen molar-refractivity contribution < 1.29 is 9.53 Å². The van der Waals surface area contributed by atoms with Crippen molar-refractivity contribution in [3.05, 3.63) is 23.8 Å². The molecule has 98 valence electrons. The predicted molar refractivity (Wildman–Crippen MR) is 66.8 cm³/mol. The highest BCUT2D eigenvalue weighted by Gasteiger charge is 2.43. The molecule has 1 amide bonds. The highest BCUT2D eigenvalue weighted by Crippen LogP contribution is 2.41. The number of amides is 1. The Labute approximate surface area is 107 Å². The number of carbonyl (C=O) groups is 1. The van der Waals surface area contributed by atoms with Gasteiger partial charge in [0.15, 0.2) is 0 Å². The molecule has 0 spiro atoms. The van der Waals surface area contributed by atoms with Crippen molar-refractivity contribution >= 4 is 5.91 Å². The van der Waals surface area contributed by atoms with Gasteiger partial charge in [0.25, 0.3) is 0 Å². The number of hydrogen-bond donors (Lipinski definition) is 1. The van der Waals surface area contributed by atoms with E-state index < -0.39 is 0 Å². The number of ether oxygens (including phenoxy) is 1. The summed E-state index contributed by atoms with van der Waals surface area (Å²) in [7, 11) is 1.64. The summed E-state index contributed by atoms with van der Waals surface area (Å²) in [6.45, 7) is 2.81. The zero-order valence-electron chi connectivity index (χ0n) is 10.9. The molecule has 0 unspecified atom stereocenters. The zero-order chi connectivity index (χ0) is 13.0. The van der Waals surface area contributed by atoms with Crippen molar-refractivity contribution in [2.24, 2.45) is 5.41 Å². The molecule has 1 aromatic heterocycles.